The van der Waals surface area contributed by atoms with Crippen LogP contribution in [0.5, 0.6) is 0 Å². The molecule has 4 nitrogen and oxygen atoms in total. The standard InChI is InChI=1S/C11H21NO3/c1-9(13)8-12-10-2-4-11(5-3-10)14-6-7-15-11/h9-10,12-13H,2-8H2,1H3/t9-/m1/s1. The van der Waals surface area contributed by atoms with Gasteiger partial charge in [0.15, 0.2) is 5.79 Å². The van der Waals surface area contributed by atoms with E-state index in [1.54, 1.807) is 6.92 Å². The summed E-state index contributed by atoms with van der Waals surface area (Å²) in [6.45, 7) is 3.97. The molecule has 1 atom stereocenters. The second-order valence-electron chi connectivity index (χ2n) is 4.64. The lowest BCUT2D eigenvalue weighted by atomic mass is 9.90. The normalized spacial score (nSPS) is 28.4. The second kappa shape index (κ2) is 4.78. The predicted octanol–water partition coefficient (Wildman–Crippen LogP) is 0.642. The van der Waals surface area contributed by atoms with Gasteiger partial charge in [0.2, 0.25) is 0 Å². The van der Waals surface area contributed by atoms with Gasteiger partial charge in [-0.2, -0.15) is 0 Å². The Hall–Kier alpha value is -0.160. The Balaban J connectivity index is 1.72. The van der Waals surface area contributed by atoms with Crippen LogP contribution in [0.2, 0.25) is 0 Å². The number of hydrogen-bond donors (Lipinski definition) is 2. The van der Waals surface area contributed by atoms with Crippen LogP contribution in [-0.2, 0) is 9.47 Å². The molecule has 0 aromatic heterocycles. The molecule has 1 spiro atoms. The van der Waals surface area contributed by atoms with Crippen molar-refractivity contribution in [2.75, 3.05) is 19.8 Å². The molecule has 0 radical (unpaired) electrons. The zero-order valence-corrected chi connectivity index (χ0v) is 9.37. The van der Waals surface area contributed by atoms with Crippen LogP contribution in [0.25, 0.3) is 0 Å². The lowest BCUT2D eigenvalue weighted by molar-refractivity contribution is -0.179. The van der Waals surface area contributed by atoms with Gasteiger partial charge in [-0.3, -0.25) is 0 Å². The van der Waals surface area contributed by atoms with Gasteiger partial charge < -0.3 is 19.9 Å². The van der Waals surface area contributed by atoms with Crippen molar-refractivity contribution in [2.24, 2.45) is 0 Å². The fourth-order valence-corrected chi connectivity index (χ4v) is 2.38. The van der Waals surface area contributed by atoms with Gasteiger partial charge in [-0.1, -0.05) is 0 Å². The quantitative estimate of drug-likeness (QED) is 0.725. The van der Waals surface area contributed by atoms with E-state index in [-0.39, 0.29) is 11.9 Å². The summed E-state index contributed by atoms with van der Waals surface area (Å²) in [5.74, 6) is -0.261. The van der Waals surface area contributed by atoms with E-state index in [0.29, 0.717) is 12.6 Å². The van der Waals surface area contributed by atoms with E-state index in [9.17, 15) is 5.11 Å². The van der Waals surface area contributed by atoms with E-state index in [2.05, 4.69) is 5.32 Å². The highest BCUT2D eigenvalue weighted by molar-refractivity contribution is 4.85. The highest BCUT2D eigenvalue weighted by Crippen LogP contribution is 2.35. The first-order chi connectivity index (χ1) is 7.20. The Morgan fingerprint density at radius 2 is 1.93 bits per heavy atom. The molecule has 1 heterocycles. The Morgan fingerprint density at radius 1 is 1.33 bits per heavy atom. The molecule has 15 heavy (non-hydrogen) atoms. The average molecular weight is 215 g/mol. The molecule has 4 heteroatoms. The van der Waals surface area contributed by atoms with Crippen LogP contribution in [0.1, 0.15) is 32.6 Å². The summed E-state index contributed by atoms with van der Waals surface area (Å²) >= 11 is 0. The van der Waals surface area contributed by atoms with E-state index in [1.165, 1.54) is 0 Å². The number of nitrogens with one attached hydrogen (secondary N) is 1. The Morgan fingerprint density at radius 3 is 2.47 bits per heavy atom. The lowest BCUT2D eigenvalue weighted by Crippen LogP contribution is -2.43. The predicted molar refractivity (Wildman–Crippen MR) is 56.6 cm³/mol. The van der Waals surface area contributed by atoms with Gasteiger partial charge in [0, 0.05) is 25.4 Å². The van der Waals surface area contributed by atoms with Crippen molar-refractivity contribution < 1.29 is 14.6 Å². The smallest absolute Gasteiger partial charge is 0.168 e. The van der Waals surface area contributed by atoms with Gasteiger partial charge in [0.05, 0.1) is 19.3 Å². The number of aliphatic hydroxyl groups excluding tert-OH is 1. The molecule has 2 fully saturated rings. The Kier molecular flexibility index (Phi) is 3.61. The maximum Gasteiger partial charge on any atom is 0.168 e. The van der Waals surface area contributed by atoms with Crippen LogP contribution in [0, 0.1) is 0 Å². The Bertz CT molecular complexity index is 192. The zero-order chi connectivity index (χ0) is 10.7. The van der Waals surface area contributed by atoms with Gasteiger partial charge in [-0.15, -0.1) is 0 Å². The minimum Gasteiger partial charge on any atom is -0.392 e. The molecule has 88 valence electrons. The molecule has 1 aliphatic heterocycles. The molecule has 1 saturated carbocycles. The molecule has 0 unspecified atom stereocenters. The van der Waals surface area contributed by atoms with Crippen molar-refractivity contribution in [3.63, 3.8) is 0 Å². The summed E-state index contributed by atoms with van der Waals surface area (Å²) in [7, 11) is 0. The average Bonchev–Trinajstić information content (AvgIpc) is 2.66. The van der Waals surface area contributed by atoms with Crippen molar-refractivity contribution in [2.45, 2.75) is 50.5 Å². The molecular formula is C11H21NO3. The number of rotatable bonds is 3. The van der Waals surface area contributed by atoms with Gasteiger partial charge in [0.25, 0.3) is 0 Å². The third kappa shape index (κ3) is 2.91. The van der Waals surface area contributed by atoms with E-state index < -0.39 is 0 Å². The molecule has 2 aliphatic rings. The van der Waals surface area contributed by atoms with Crippen molar-refractivity contribution in [3.05, 3.63) is 0 Å². The summed E-state index contributed by atoms with van der Waals surface area (Å²) in [4.78, 5) is 0. The summed E-state index contributed by atoms with van der Waals surface area (Å²) in [6.07, 6.45) is 3.84. The SMILES string of the molecule is C[C@@H](O)CNC1CCC2(CC1)OCCO2. The highest BCUT2D eigenvalue weighted by Gasteiger charge is 2.40. The number of ether oxygens (including phenoxy) is 2. The van der Waals surface area contributed by atoms with Crippen LogP contribution < -0.4 is 5.32 Å². The van der Waals surface area contributed by atoms with Crippen LogP contribution in [0.4, 0.5) is 0 Å². The second-order valence-corrected chi connectivity index (χ2v) is 4.64. The highest BCUT2D eigenvalue weighted by atomic mass is 16.7. The van der Waals surface area contributed by atoms with Crippen molar-refractivity contribution in [1.29, 1.82) is 0 Å². The van der Waals surface area contributed by atoms with Crippen LogP contribution >= 0.6 is 0 Å². The molecule has 0 amide bonds. The van der Waals surface area contributed by atoms with Gasteiger partial charge in [0.1, 0.15) is 0 Å². The number of hydrogen-bond acceptors (Lipinski definition) is 4. The fraction of sp³-hybridized carbons (Fsp3) is 1.00. The minimum atomic E-state index is -0.264. The topological polar surface area (TPSA) is 50.7 Å². The molecule has 2 rings (SSSR count). The van der Waals surface area contributed by atoms with E-state index in [4.69, 9.17) is 9.47 Å². The van der Waals surface area contributed by atoms with Gasteiger partial charge in [-0.25, -0.2) is 0 Å². The van der Waals surface area contributed by atoms with E-state index >= 15 is 0 Å². The zero-order valence-electron chi connectivity index (χ0n) is 9.37. The summed E-state index contributed by atoms with van der Waals surface area (Å²) in [5.41, 5.74) is 0. The molecule has 0 aromatic rings. The van der Waals surface area contributed by atoms with E-state index in [1.807, 2.05) is 0 Å². The third-order valence-electron chi connectivity index (χ3n) is 3.26. The largest absolute Gasteiger partial charge is 0.392 e. The maximum atomic E-state index is 9.18. The number of aliphatic hydroxyl groups is 1. The van der Waals surface area contributed by atoms with Crippen LogP contribution in [0.15, 0.2) is 0 Å². The van der Waals surface area contributed by atoms with Crippen LogP contribution in [-0.4, -0.2) is 42.8 Å². The molecule has 1 aliphatic carbocycles. The molecule has 1 saturated heterocycles. The van der Waals surface area contributed by atoms with Gasteiger partial charge >= 0.3 is 0 Å². The summed E-state index contributed by atoms with van der Waals surface area (Å²) in [5, 5.41) is 12.5. The molecule has 2 N–H and O–H groups in total. The molecular weight excluding hydrogens is 194 g/mol. The lowest BCUT2D eigenvalue weighted by Gasteiger charge is -2.35. The van der Waals surface area contributed by atoms with Crippen molar-refractivity contribution >= 4 is 0 Å². The maximum absolute atomic E-state index is 9.18. The van der Waals surface area contributed by atoms with Crippen molar-refractivity contribution in [3.8, 4) is 0 Å². The minimum absolute atomic E-state index is 0.261. The summed E-state index contributed by atoms with van der Waals surface area (Å²) in [6, 6.07) is 0.512. The van der Waals surface area contributed by atoms with Crippen molar-refractivity contribution in [1.82, 2.24) is 5.32 Å². The van der Waals surface area contributed by atoms with Crippen LogP contribution in [0.3, 0.4) is 0 Å². The van der Waals surface area contributed by atoms with Gasteiger partial charge in [-0.05, 0) is 19.8 Å². The molecule has 0 aromatic carbocycles. The Labute approximate surface area is 90.9 Å². The fourth-order valence-electron chi connectivity index (χ4n) is 2.38. The monoisotopic (exact) mass is 215 g/mol. The first kappa shape index (κ1) is 11.3. The third-order valence-corrected chi connectivity index (χ3v) is 3.26. The first-order valence-electron chi connectivity index (χ1n) is 5.90. The first-order valence-corrected chi connectivity index (χ1v) is 5.90. The summed E-state index contributed by atoms with van der Waals surface area (Å²) < 4.78 is 11.3. The van der Waals surface area contributed by atoms with E-state index in [0.717, 1.165) is 38.9 Å². The molecule has 0 bridgehead atoms.